The number of aryl methyl sites for hydroxylation is 2. The number of hydrogen-bond acceptors (Lipinski definition) is 4. The van der Waals surface area contributed by atoms with E-state index in [1.54, 1.807) is 6.20 Å². The van der Waals surface area contributed by atoms with Crippen LogP contribution < -0.4 is 5.32 Å². The van der Waals surface area contributed by atoms with Gasteiger partial charge < -0.3 is 5.32 Å². The number of nitrogens with zero attached hydrogens (tertiary/aromatic N) is 3. The van der Waals surface area contributed by atoms with Gasteiger partial charge in [0, 0.05) is 18.7 Å². The Labute approximate surface area is 115 Å². The lowest BCUT2D eigenvalue weighted by Gasteiger charge is -2.08. The van der Waals surface area contributed by atoms with Crippen molar-refractivity contribution >= 4 is 21.7 Å². The van der Waals surface area contributed by atoms with Crippen LogP contribution in [0.3, 0.4) is 0 Å². The van der Waals surface area contributed by atoms with Crippen LogP contribution in [0.4, 0.5) is 5.82 Å². The fourth-order valence-electron chi connectivity index (χ4n) is 1.59. The summed E-state index contributed by atoms with van der Waals surface area (Å²) in [5.41, 5.74) is 2.21. The highest BCUT2D eigenvalue weighted by molar-refractivity contribution is 9.10. The summed E-state index contributed by atoms with van der Waals surface area (Å²) in [4.78, 5) is 13.0. The van der Waals surface area contributed by atoms with Crippen molar-refractivity contribution in [2.45, 2.75) is 26.8 Å². The van der Waals surface area contributed by atoms with Crippen LogP contribution in [-0.2, 0) is 13.0 Å². The van der Waals surface area contributed by atoms with E-state index in [0.717, 1.165) is 28.4 Å². The Balaban J connectivity index is 2.11. The maximum Gasteiger partial charge on any atom is 0.131 e. The molecule has 0 atom stereocenters. The molecule has 0 spiro atoms. The van der Waals surface area contributed by atoms with Gasteiger partial charge in [-0.1, -0.05) is 13.0 Å². The van der Waals surface area contributed by atoms with Gasteiger partial charge in [-0.25, -0.2) is 9.97 Å². The first kappa shape index (κ1) is 13.0. The first-order chi connectivity index (χ1) is 8.69. The first-order valence-corrected chi connectivity index (χ1v) is 6.66. The summed E-state index contributed by atoms with van der Waals surface area (Å²) in [5.74, 6) is 1.64. The first-order valence-electron chi connectivity index (χ1n) is 5.87. The minimum Gasteiger partial charge on any atom is -0.364 e. The van der Waals surface area contributed by atoms with Crippen LogP contribution in [-0.4, -0.2) is 15.0 Å². The highest BCUT2D eigenvalue weighted by Crippen LogP contribution is 2.14. The predicted molar refractivity (Wildman–Crippen MR) is 75.4 cm³/mol. The molecule has 2 rings (SSSR count). The van der Waals surface area contributed by atoms with Crippen molar-refractivity contribution in [1.29, 1.82) is 0 Å². The van der Waals surface area contributed by atoms with Gasteiger partial charge in [-0.3, -0.25) is 4.98 Å². The van der Waals surface area contributed by atoms with Gasteiger partial charge in [-0.15, -0.1) is 0 Å². The van der Waals surface area contributed by atoms with Gasteiger partial charge in [0.05, 0.1) is 12.2 Å². The minimum atomic E-state index is 0.666. The number of halogens is 1. The molecular weight excluding hydrogens is 292 g/mol. The van der Waals surface area contributed by atoms with Gasteiger partial charge in [-0.2, -0.15) is 0 Å². The average molecular weight is 307 g/mol. The zero-order chi connectivity index (χ0) is 13.0. The minimum absolute atomic E-state index is 0.666. The summed E-state index contributed by atoms with van der Waals surface area (Å²) >= 11 is 3.39. The number of nitrogens with one attached hydrogen (secondary N) is 1. The van der Waals surface area contributed by atoms with E-state index in [1.165, 1.54) is 5.56 Å². The van der Waals surface area contributed by atoms with E-state index in [2.05, 4.69) is 49.2 Å². The van der Waals surface area contributed by atoms with Crippen LogP contribution in [0.15, 0.2) is 29.0 Å². The van der Waals surface area contributed by atoms with Gasteiger partial charge >= 0.3 is 0 Å². The maximum absolute atomic E-state index is 4.42. The van der Waals surface area contributed by atoms with Crippen molar-refractivity contribution in [3.05, 3.63) is 46.1 Å². The van der Waals surface area contributed by atoms with Crippen LogP contribution >= 0.6 is 15.9 Å². The van der Waals surface area contributed by atoms with Crippen LogP contribution in [0.25, 0.3) is 0 Å². The standard InChI is InChI=1S/C13H15BrN4/c1-3-12-17-11(14)7-13(18-12)16-8-10-9(2)5-4-6-15-10/h4-7H,3,8H2,1-2H3,(H,16,17,18). The quantitative estimate of drug-likeness (QED) is 0.882. The largest absolute Gasteiger partial charge is 0.364 e. The molecule has 0 saturated heterocycles. The zero-order valence-electron chi connectivity index (χ0n) is 10.4. The van der Waals surface area contributed by atoms with Gasteiger partial charge in [0.1, 0.15) is 16.2 Å². The molecule has 18 heavy (non-hydrogen) atoms. The molecule has 0 radical (unpaired) electrons. The van der Waals surface area contributed by atoms with E-state index in [-0.39, 0.29) is 0 Å². The number of hydrogen-bond donors (Lipinski definition) is 1. The van der Waals surface area contributed by atoms with Gasteiger partial charge in [0.25, 0.3) is 0 Å². The molecule has 4 nitrogen and oxygen atoms in total. The number of pyridine rings is 1. The van der Waals surface area contributed by atoms with Crippen molar-refractivity contribution in [2.75, 3.05) is 5.32 Å². The van der Waals surface area contributed by atoms with E-state index >= 15 is 0 Å². The molecular formula is C13H15BrN4. The Morgan fingerprint density at radius 2 is 2.17 bits per heavy atom. The molecule has 0 aliphatic carbocycles. The lowest BCUT2D eigenvalue weighted by Crippen LogP contribution is -2.06. The highest BCUT2D eigenvalue weighted by Gasteiger charge is 2.03. The molecule has 0 bridgehead atoms. The second kappa shape index (κ2) is 5.91. The molecule has 2 heterocycles. The van der Waals surface area contributed by atoms with Crippen molar-refractivity contribution in [3.8, 4) is 0 Å². The van der Waals surface area contributed by atoms with Crippen molar-refractivity contribution in [2.24, 2.45) is 0 Å². The molecule has 2 aromatic rings. The second-order valence-electron chi connectivity index (χ2n) is 3.97. The molecule has 5 heteroatoms. The van der Waals surface area contributed by atoms with E-state index in [9.17, 15) is 0 Å². The molecule has 1 N–H and O–H groups in total. The monoisotopic (exact) mass is 306 g/mol. The summed E-state index contributed by atoms with van der Waals surface area (Å²) < 4.78 is 0.801. The topological polar surface area (TPSA) is 50.7 Å². The number of aromatic nitrogens is 3. The Bertz CT molecular complexity index is 542. The van der Waals surface area contributed by atoms with Crippen LogP contribution in [0, 0.1) is 6.92 Å². The maximum atomic E-state index is 4.42. The third kappa shape index (κ3) is 3.26. The SMILES string of the molecule is CCc1nc(Br)cc(NCc2ncccc2C)n1. The predicted octanol–water partition coefficient (Wildman–Crippen LogP) is 3.12. The molecule has 0 saturated carbocycles. The fourth-order valence-corrected chi connectivity index (χ4v) is 2.01. The van der Waals surface area contributed by atoms with E-state index < -0.39 is 0 Å². The highest BCUT2D eigenvalue weighted by atomic mass is 79.9. The van der Waals surface area contributed by atoms with Gasteiger partial charge in [0.15, 0.2) is 0 Å². The lowest BCUT2D eigenvalue weighted by atomic mass is 10.2. The molecule has 0 fully saturated rings. The number of anilines is 1. The van der Waals surface area contributed by atoms with E-state index in [4.69, 9.17) is 0 Å². The van der Waals surface area contributed by atoms with Crippen molar-refractivity contribution in [3.63, 3.8) is 0 Å². The fraction of sp³-hybridized carbons (Fsp3) is 0.308. The second-order valence-corrected chi connectivity index (χ2v) is 4.78. The van der Waals surface area contributed by atoms with Crippen LogP contribution in [0.5, 0.6) is 0 Å². The normalized spacial score (nSPS) is 10.4. The molecule has 0 aromatic carbocycles. The molecule has 0 unspecified atom stereocenters. The third-order valence-corrected chi connectivity index (χ3v) is 3.02. The summed E-state index contributed by atoms with van der Waals surface area (Å²) in [6.45, 7) is 4.76. The molecule has 0 amide bonds. The summed E-state index contributed by atoms with van der Waals surface area (Å²) in [6, 6.07) is 5.87. The van der Waals surface area contributed by atoms with Gasteiger partial charge in [-0.05, 0) is 34.5 Å². The Morgan fingerprint density at radius 3 is 2.89 bits per heavy atom. The lowest BCUT2D eigenvalue weighted by molar-refractivity contribution is 0.915. The third-order valence-electron chi connectivity index (χ3n) is 2.61. The van der Waals surface area contributed by atoms with Crippen molar-refractivity contribution in [1.82, 2.24) is 15.0 Å². The smallest absolute Gasteiger partial charge is 0.131 e. The number of rotatable bonds is 4. The van der Waals surface area contributed by atoms with Gasteiger partial charge in [0.2, 0.25) is 0 Å². The summed E-state index contributed by atoms with van der Waals surface area (Å²) in [7, 11) is 0. The Morgan fingerprint density at radius 1 is 1.33 bits per heavy atom. The summed E-state index contributed by atoms with van der Waals surface area (Å²) in [5, 5.41) is 3.27. The summed E-state index contributed by atoms with van der Waals surface area (Å²) in [6.07, 6.45) is 2.62. The van der Waals surface area contributed by atoms with Crippen molar-refractivity contribution < 1.29 is 0 Å². The average Bonchev–Trinajstić information content (AvgIpc) is 2.37. The Hall–Kier alpha value is -1.49. The molecule has 2 aromatic heterocycles. The van der Waals surface area contributed by atoms with Crippen LogP contribution in [0.1, 0.15) is 24.0 Å². The van der Waals surface area contributed by atoms with E-state index in [1.807, 2.05) is 19.1 Å². The molecule has 0 aliphatic rings. The zero-order valence-corrected chi connectivity index (χ0v) is 12.0. The molecule has 94 valence electrons. The van der Waals surface area contributed by atoms with E-state index in [0.29, 0.717) is 6.54 Å². The molecule has 0 aliphatic heterocycles. The van der Waals surface area contributed by atoms with Crippen LogP contribution in [0.2, 0.25) is 0 Å². The Kier molecular flexibility index (Phi) is 4.25.